The van der Waals surface area contributed by atoms with Gasteiger partial charge in [0.05, 0.1) is 0 Å². The Bertz CT molecular complexity index is 133. The molecule has 0 aromatic heterocycles. The van der Waals surface area contributed by atoms with Crippen LogP contribution in [-0.4, -0.2) is 0 Å². The summed E-state index contributed by atoms with van der Waals surface area (Å²) in [6.07, 6.45) is 10.9. The summed E-state index contributed by atoms with van der Waals surface area (Å²) in [7, 11) is 0. The summed E-state index contributed by atoms with van der Waals surface area (Å²) < 4.78 is 0. The standard InChI is InChI=1S/C6H/c1-3-5-6-4-2/h1H/q+1. The topological polar surface area (TPSA) is 0 Å². The molecule has 0 heterocycles. The van der Waals surface area contributed by atoms with Crippen molar-refractivity contribution in [3.05, 3.63) is 6.42 Å². The van der Waals surface area contributed by atoms with Gasteiger partial charge < -0.3 is 0 Å². The molecule has 0 saturated carbocycles. The van der Waals surface area contributed by atoms with Gasteiger partial charge in [0.15, 0.2) is 0 Å². The Balaban J connectivity index is 3.60. The number of terminal acetylenes is 1. The van der Waals surface area contributed by atoms with E-state index in [0.717, 1.165) is 0 Å². The molecule has 0 fully saturated rings. The van der Waals surface area contributed by atoms with Gasteiger partial charge in [-0.15, -0.1) is 0 Å². The fraction of sp³-hybridized carbons (Fsp3) is 0. The van der Waals surface area contributed by atoms with Gasteiger partial charge in [-0.3, -0.25) is 0 Å². The molecule has 0 aliphatic rings. The summed E-state index contributed by atoms with van der Waals surface area (Å²) in [6.45, 7) is 0. The van der Waals surface area contributed by atoms with Crippen LogP contribution in [-0.2, 0) is 0 Å². The molecule has 0 amide bonds. The second-order valence-electron chi connectivity index (χ2n) is 0.519. The van der Waals surface area contributed by atoms with Crippen LogP contribution in [0, 0.1) is 36.5 Å². The zero-order valence-electron chi connectivity index (χ0n) is 3.08. The molecule has 0 aromatic carbocycles. The van der Waals surface area contributed by atoms with Gasteiger partial charge in [0.1, 0.15) is 0 Å². The van der Waals surface area contributed by atoms with Crippen molar-refractivity contribution in [3.63, 3.8) is 0 Å². The minimum atomic E-state index is 1.82. The van der Waals surface area contributed by atoms with Crippen molar-refractivity contribution in [2.45, 2.75) is 0 Å². The van der Waals surface area contributed by atoms with Crippen LogP contribution in [0.25, 0.3) is 0 Å². The fourth-order valence-electron chi connectivity index (χ4n) is 0.0673. The van der Waals surface area contributed by atoms with Crippen LogP contribution in [0.3, 0.4) is 0 Å². The molecule has 0 nitrogen and oxygen atoms in total. The average Bonchev–Trinajstić information content (AvgIpc) is 1.61. The van der Waals surface area contributed by atoms with E-state index in [1.807, 2.05) is 11.8 Å². The Morgan fingerprint density at radius 1 is 1.33 bits per heavy atom. The Morgan fingerprint density at radius 2 is 2.00 bits per heavy atom. The quantitative estimate of drug-likeness (QED) is 0.284. The van der Waals surface area contributed by atoms with Crippen molar-refractivity contribution in [3.8, 4) is 30.1 Å². The summed E-state index contributed by atoms with van der Waals surface area (Å²) >= 11 is 0. The van der Waals surface area contributed by atoms with Crippen molar-refractivity contribution >= 4 is 0 Å². The number of hydrogen-bond acceptors (Lipinski definition) is 0. The summed E-state index contributed by atoms with van der Waals surface area (Å²) in [5.41, 5.74) is 0. The summed E-state index contributed by atoms with van der Waals surface area (Å²) in [6, 6.07) is 0. The molecule has 0 aromatic rings. The van der Waals surface area contributed by atoms with Gasteiger partial charge in [-0.1, -0.05) is 0 Å². The molecule has 0 aliphatic carbocycles. The second kappa shape index (κ2) is 3.90. The molecule has 0 unspecified atom stereocenters. The van der Waals surface area contributed by atoms with Crippen LogP contribution in [0.2, 0.25) is 0 Å². The van der Waals surface area contributed by atoms with Gasteiger partial charge in [0.2, 0.25) is 0 Å². The van der Waals surface area contributed by atoms with Gasteiger partial charge in [0, 0.05) is 0 Å². The average molecular weight is 73.1 g/mol. The molecule has 0 saturated heterocycles. The molecular formula is C6H+. The normalized spacial score (nSPS) is 3.50. The summed E-state index contributed by atoms with van der Waals surface area (Å²) in [4.78, 5) is 0. The van der Waals surface area contributed by atoms with Crippen molar-refractivity contribution in [2.75, 3.05) is 0 Å². The predicted molar refractivity (Wildman–Crippen MR) is 23.7 cm³/mol. The van der Waals surface area contributed by atoms with Crippen LogP contribution in [0.5, 0.6) is 0 Å². The van der Waals surface area contributed by atoms with E-state index in [4.69, 9.17) is 6.42 Å². The molecule has 6 heavy (non-hydrogen) atoms. The van der Waals surface area contributed by atoms with Gasteiger partial charge >= 0.3 is 36.5 Å². The van der Waals surface area contributed by atoms with Crippen LogP contribution in [0.1, 0.15) is 0 Å². The Morgan fingerprint density at radius 3 is 2.17 bits per heavy atom. The van der Waals surface area contributed by atoms with E-state index in [1.165, 1.54) is 0 Å². The SMILES string of the molecule is [C+]#CC#CC#C. The molecule has 0 spiro atoms. The molecule has 0 aliphatic heterocycles. The first-order chi connectivity index (χ1) is 2.91. The van der Waals surface area contributed by atoms with E-state index in [1.54, 1.807) is 0 Å². The van der Waals surface area contributed by atoms with E-state index >= 15 is 0 Å². The fourth-order valence-corrected chi connectivity index (χ4v) is 0.0673. The minimum absolute atomic E-state index is 1.82. The zero-order chi connectivity index (χ0) is 4.83. The van der Waals surface area contributed by atoms with E-state index in [0.29, 0.717) is 0 Å². The third-order valence-electron chi connectivity index (χ3n) is 0.197. The van der Waals surface area contributed by atoms with Crippen LogP contribution in [0.4, 0.5) is 0 Å². The number of rotatable bonds is 0. The molecule has 0 heteroatoms. The Kier molecular flexibility index (Phi) is 3.19. The zero-order valence-corrected chi connectivity index (χ0v) is 3.08. The van der Waals surface area contributed by atoms with Crippen molar-refractivity contribution in [1.29, 1.82) is 0 Å². The molecule has 0 radical (unpaired) electrons. The van der Waals surface area contributed by atoms with E-state index in [9.17, 15) is 0 Å². The van der Waals surface area contributed by atoms with Gasteiger partial charge in [-0.2, -0.15) is 0 Å². The summed E-state index contributed by atoms with van der Waals surface area (Å²) in [5, 5.41) is 0. The Hall–Kier alpha value is -1.10. The van der Waals surface area contributed by atoms with E-state index in [2.05, 4.69) is 18.3 Å². The van der Waals surface area contributed by atoms with Crippen LogP contribution < -0.4 is 0 Å². The maximum atomic E-state index is 6.19. The molecule has 0 rings (SSSR count). The van der Waals surface area contributed by atoms with E-state index in [-0.39, 0.29) is 0 Å². The van der Waals surface area contributed by atoms with Crippen LogP contribution in [0.15, 0.2) is 0 Å². The van der Waals surface area contributed by atoms with Crippen molar-refractivity contribution < 1.29 is 0 Å². The van der Waals surface area contributed by atoms with Gasteiger partial charge in [-0.05, 0) is 0 Å². The summed E-state index contributed by atoms with van der Waals surface area (Å²) in [5.74, 6) is 8.15. The second-order valence-corrected chi connectivity index (χ2v) is 0.519. The molecule has 0 atom stereocenters. The maximum absolute atomic E-state index is 6.19. The monoisotopic (exact) mass is 73.0 g/mol. The first kappa shape index (κ1) is 4.90. The van der Waals surface area contributed by atoms with E-state index < -0.39 is 0 Å². The molecule has 0 bridgehead atoms. The van der Waals surface area contributed by atoms with Crippen molar-refractivity contribution in [2.24, 2.45) is 0 Å². The third kappa shape index (κ3) is 2.90. The molecule has 0 N–H and O–H groups in total. The third-order valence-corrected chi connectivity index (χ3v) is 0.197. The van der Waals surface area contributed by atoms with Gasteiger partial charge in [-0.25, -0.2) is 0 Å². The number of hydrogen-bond donors (Lipinski definition) is 0. The molecular weight excluding hydrogens is 72.1 g/mol. The van der Waals surface area contributed by atoms with Gasteiger partial charge in [0.25, 0.3) is 0 Å². The predicted octanol–water partition coefficient (Wildman–Crippen LogP) is 0.213. The first-order valence-electron chi connectivity index (χ1n) is 1.29. The first-order valence-corrected chi connectivity index (χ1v) is 1.29. The van der Waals surface area contributed by atoms with Crippen molar-refractivity contribution in [1.82, 2.24) is 0 Å². The Labute approximate surface area is 37.6 Å². The van der Waals surface area contributed by atoms with Crippen LogP contribution >= 0.6 is 0 Å². The molecule has 24 valence electrons.